The van der Waals surface area contributed by atoms with Gasteiger partial charge in [-0.15, -0.1) is 5.10 Å². The fourth-order valence-electron chi connectivity index (χ4n) is 4.58. The minimum Gasteiger partial charge on any atom is -0.320 e. The van der Waals surface area contributed by atoms with E-state index < -0.39 is 11.0 Å². The van der Waals surface area contributed by atoms with Crippen molar-refractivity contribution in [1.82, 2.24) is 5.01 Å². The van der Waals surface area contributed by atoms with Crippen LogP contribution in [0.15, 0.2) is 125 Å². The highest BCUT2D eigenvalue weighted by Gasteiger charge is 2.62. The van der Waals surface area contributed by atoms with Gasteiger partial charge in [-0.3, -0.25) is 14.5 Å². The van der Waals surface area contributed by atoms with Gasteiger partial charge in [0.15, 0.2) is 10.9 Å². The lowest BCUT2D eigenvalue weighted by Crippen LogP contribution is -2.63. The van der Waals surface area contributed by atoms with Gasteiger partial charge >= 0.3 is 0 Å². The molecule has 1 atom stereocenters. The fraction of sp³-hybridized carbons (Fsp3) is 0.0667. The van der Waals surface area contributed by atoms with Crippen LogP contribution in [0.25, 0.3) is 0 Å². The second-order valence-corrected chi connectivity index (χ2v) is 10.6. The molecule has 0 aliphatic carbocycles. The van der Waals surface area contributed by atoms with Gasteiger partial charge in [0.25, 0.3) is 11.0 Å². The number of halogens is 1. The number of hydrogen-bond acceptors (Lipinski definition) is 7. The van der Waals surface area contributed by atoms with Gasteiger partial charge in [-0.25, -0.2) is 5.01 Å². The molecule has 1 N–H and O–H groups in total. The van der Waals surface area contributed by atoms with Gasteiger partial charge in [0.1, 0.15) is 0 Å². The average Bonchev–Trinajstić information content (AvgIpc) is 3.54. The predicted octanol–water partition coefficient (Wildman–Crippen LogP) is 6.19. The molecule has 0 saturated heterocycles. The van der Waals surface area contributed by atoms with E-state index in [1.807, 2.05) is 95.9 Å². The van der Waals surface area contributed by atoms with Crippen LogP contribution in [0.3, 0.4) is 0 Å². The first kappa shape index (κ1) is 25.7. The van der Waals surface area contributed by atoms with E-state index >= 15 is 0 Å². The summed E-state index contributed by atoms with van der Waals surface area (Å²) < 4.78 is 0. The molecule has 2 aliphatic rings. The number of rotatable bonds is 5. The third kappa shape index (κ3) is 4.49. The summed E-state index contributed by atoms with van der Waals surface area (Å²) in [6.07, 6.45) is 0. The van der Waals surface area contributed by atoms with E-state index in [0.29, 0.717) is 22.2 Å². The lowest BCUT2D eigenvalue weighted by atomic mass is 10.1. The SMILES string of the molecule is CC(=O)N1N=C(c2ccc(Cl)cc2)N(c2ccccc2)C12SC(C(=O)Nc1ccccc1)=NN2c1ccccc1. The highest BCUT2D eigenvalue weighted by molar-refractivity contribution is 8.17. The number of amidine groups is 1. The Balaban J connectivity index is 1.53. The van der Waals surface area contributed by atoms with E-state index in [2.05, 4.69) is 5.32 Å². The lowest BCUT2D eigenvalue weighted by Gasteiger charge is -2.43. The molecule has 4 aromatic rings. The first-order valence-corrected chi connectivity index (χ1v) is 13.7. The van der Waals surface area contributed by atoms with E-state index in [1.165, 1.54) is 11.9 Å². The monoisotopic (exact) mass is 566 g/mol. The van der Waals surface area contributed by atoms with Crippen LogP contribution >= 0.6 is 23.4 Å². The second kappa shape index (κ2) is 10.5. The van der Waals surface area contributed by atoms with Gasteiger partial charge < -0.3 is 5.32 Å². The molecule has 0 radical (unpaired) electrons. The van der Waals surface area contributed by atoms with Gasteiger partial charge in [0.2, 0.25) is 5.91 Å². The van der Waals surface area contributed by atoms with Crippen molar-refractivity contribution in [2.24, 2.45) is 10.2 Å². The van der Waals surface area contributed by atoms with Crippen molar-refractivity contribution < 1.29 is 9.59 Å². The van der Waals surface area contributed by atoms with Crippen molar-refractivity contribution in [2.75, 3.05) is 15.2 Å². The Kier molecular flexibility index (Phi) is 6.75. The Hall–Kier alpha value is -4.60. The van der Waals surface area contributed by atoms with Crippen molar-refractivity contribution in [3.05, 3.63) is 126 Å². The molecule has 6 rings (SSSR count). The van der Waals surface area contributed by atoms with Crippen LogP contribution in [0.5, 0.6) is 0 Å². The number of anilines is 3. The second-order valence-electron chi connectivity index (χ2n) is 8.98. The van der Waals surface area contributed by atoms with E-state index in [-0.39, 0.29) is 11.0 Å². The van der Waals surface area contributed by atoms with E-state index in [0.717, 1.165) is 23.0 Å². The van der Waals surface area contributed by atoms with Crippen molar-refractivity contribution in [3.63, 3.8) is 0 Å². The van der Waals surface area contributed by atoms with Crippen molar-refractivity contribution in [3.8, 4) is 0 Å². The van der Waals surface area contributed by atoms with Crippen LogP contribution in [0.4, 0.5) is 17.1 Å². The van der Waals surface area contributed by atoms with Gasteiger partial charge in [-0.05, 0) is 72.4 Å². The predicted molar refractivity (Wildman–Crippen MR) is 161 cm³/mol. The Morgan fingerprint density at radius 2 is 1.35 bits per heavy atom. The number of carbonyl (C=O) groups is 2. The molecular formula is C30H23ClN6O2S. The smallest absolute Gasteiger partial charge is 0.296 e. The molecule has 0 fully saturated rings. The summed E-state index contributed by atoms with van der Waals surface area (Å²) in [5.41, 5.74) is 2.81. The van der Waals surface area contributed by atoms with Crippen molar-refractivity contribution in [2.45, 2.75) is 12.0 Å². The topological polar surface area (TPSA) is 80.6 Å². The van der Waals surface area contributed by atoms with Crippen molar-refractivity contribution >= 4 is 63.1 Å². The molecule has 40 heavy (non-hydrogen) atoms. The lowest BCUT2D eigenvalue weighted by molar-refractivity contribution is -0.131. The number of nitrogens with zero attached hydrogens (tertiary/aromatic N) is 5. The number of amides is 2. The molecule has 0 aromatic heterocycles. The Morgan fingerprint density at radius 3 is 1.95 bits per heavy atom. The number of nitrogens with one attached hydrogen (secondary N) is 1. The van der Waals surface area contributed by atoms with Gasteiger partial charge in [0, 0.05) is 28.9 Å². The maximum atomic E-state index is 13.6. The number of hydrazone groups is 2. The van der Waals surface area contributed by atoms with Crippen LogP contribution in [0.1, 0.15) is 12.5 Å². The van der Waals surface area contributed by atoms with Gasteiger partial charge in [-0.1, -0.05) is 66.2 Å². The standard InChI is InChI=1S/C30H23ClN6O2S/c1-21(38)36-30(35(25-13-7-3-8-14-25)27(33-36)22-17-19-23(31)20-18-22)37(26-15-9-4-10-16-26)34-29(40-30)28(39)32-24-11-5-2-6-12-24/h2-20H,1H3,(H,32,39). The number of para-hydroxylation sites is 3. The summed E-state index contributed by atoms with van der Waals surface area (Å²) in [6, 6.07) is 35.4. The third-order valence-electron chi connectivity index (χ3n) is 6.32. The van der Waals surface area contributed by atoms with Crippen LogP contribution < -0.4 is 15.2 Å². The largest absolute Gasteiger partial charge is 0.320 e. The zero-order chi connectivity index (χ0) is 27.7. The molecule has 10 heteroatoms. The fourth-order valence-corrected chi connectivity index (χ4v) is 6.00. The van der Waals surface area contributed by atoms with E-state index in [9.17, 15) is 9.59 Å². The maximum Gasteiger partial charge on any atom is 0.296 e. The zero-order valence-electron chi connectivity index (χ0n) is 21.3. The zero-order valence-corrected chi connectivity index (χ0v) is 22.9. The number of thioether (sulfide) groups is 1. The summed E-state index contributed by atoms with van der Waals surface area (Å²) in [7, 11) is 0. The highest BCUT2D eigenvalue weighted by Crippen LogP contribution is 2.51. The quantitative estimate of drug-likeness (QED) is 0.312. The Morgan fingerprint density at radius 1 is 0.775 bits per heavy atom. The molecule has 1 spiro atoms. The first-order valence-electron chi connectivity index (χ1n) is 12.5. The molecule has 1 unspecified atom stereocenters. The Bertz CT molecular complexity index is 1620. The normalized spacial score (nSPS) is 18.1. The molecule has 0 saturated carbocycles. The van der Waals surface area contributed by atoms with Crippen LogP contribution in [0.2, 0.25) is 5.02 Å². The summed E-state index contributed by atoms with van der Waals surface area (Å²) in [5, 5.41) is 15.0. The highest BCUT2D eigenvalue weighted by atomic mass is 35.5. The average molecular weight is 567 g/mol. The molecule has 2 amide bonds. The molecule has 8 nitrogen and oxygen atoms in total. The van der Waals surface area contributed by atoms with Gasteiger partial charge in [-0.2, -0.15) is 10.1 Å². The van der Waals surface area contributed by atoms with Crippen LogP contribution in [-0.4, -0.2) is 32.8 Å². The summed E-state index contributed by atoms with van der Waals surface area (Å²) >= 11 is 7.35. The maximum absolute atomic E-state index is 13.6. The van der Waals surface area contributed by atoms with Crippen LogP contribution in [0, 0.1) is 0 Å². The first-order chi connectivity index (χ1) is 19.5. The molecule has 198 valence electrons. The van der Waals surface area contributed by atoms with Crippen LogP contribution in [-0.2, 0) is 9.59 Å². The van der Waals surface area contributed by atoms with Gasteiger partial charge in [0.05, 0.1) is 5.69 Å². The minimum atomic E-state index is -1.40. The Labute approximate surface area is 240 Å². The van der Waals surface area contributed by atoms with E-state index in [4.69, 9.17) is 21.8 Å². The molecular weight excluding hydrogens is 544 g/mol. The number of carbonyl (C=O) groups excluding carboxylic acids is 2. The van der Waals surface area contributed by atoms with E-state index in [1.54, 1.807) is 29.3 Å². The summed E-state index contributed by atoms with van der Waals surface area (Å²) in [4.78, 5) is 28.8. The molecule has 2 heterocycles. The van der Waals surface area contributed by atoms with Crippen molar-refractivity contribution in [1.29, 1.82) is 0 Å². The number of hydrogen-bond donors (Lipinski definition) is 1. The minimum absolute atomic E-state index is 0.174. The summed E-state index contributed by atoms with van der Waals surface area (Å²) in [5.74, 6) is -0.213. The third-order valence-corrected chi connectivity index (χ3v) is 7.83. The molecule has 0 bridgehead atoms. The number of benzene rings is 4. The molecule has 2 aliphatic heterocycles. The summed E-state index contributed by atoms with van der Waals surface area (Å²) in [6.45, 7) is 1.45. The molecule has 4 aromatic carbocycles.